The molecule has 1 aromatic heterocycles. The molecular formula is C14H18N2O. The number of aliphatic hydroxyl groups excluding tert-OH is 1. The summed E-state index contributed by atoms with van der Waals surface area (Å²) in [7, 11) is 0. The standard InChI is InChI=1S/C14H18N2O/c1-3-8-16(10-12-4-5-12)14-9-13(11(2)17)6-7-15-14/h1,6-7,9,11-12,17H,4-5,8,10H2,2H3. The van der Waals surface area contributed by atoms with Gasteiger partial charge in [-0.05, 0) is 43.4 Å². The van der Waals surface area contributed by atoms with Crippen LogP contribution >= 0.6 is 0 Å². The Labute approximate surface area is 102 Å². The van der Waals surface area contributed by atoms with Crippen LogP contribution in [0.3, 0.4) is 0 Å². The van der Waals surface area contributed by atoms with Crippen LogP contribution in [0, 0.1) is 18.3 Å². The molecule has 1 aliphatic carbocycles. The highest BCUT2D eigenvalue weighted by molar-refractivity contribution is 5.43. The zero-order chi connectivity index (χ0) is 12.3. The van der Waals surface area contributed by atoms with Gasteiger partial charge in [-0.2, -0.15) is 0 Å². The van der Waals surface area contributed by atoms with Gasteiger partial charge in [0, 0.05) is 12.7 Å². The van der Waals surface area contributed by atoms with Crippen LogP contribution in [0.1, 0.15) is 31.4 Å². The molecule has 1 atom stereocenters. The maximum atomic E-state index is 9.57. The summed E-state index contributed by atoms with van der Waals surface area (Å²) in [6, 6.07) is 3.75. The van der Waals surface area contributed by atoms with Gasteiger partial charge in [-0.3, -0.25) is 0 Å². The number of aliphatic hydroxyl groups is 1. The number of terminal acetylenes is 1. The van der Waals surface area contributed by atoms with E-state index in [1.165, 1.54) is 12.8 Å². The van der Waals surface area contributed by atoms with E-state index in [0.29, 0.717) is 6.54 Å². The van der Waals surface area contributed by atoms with Crippen molar-refractivity contribution in [2.75, 3.05) is 18.0 Å². The molecule has 1 heterocycles. The molecule has 0 radical (unpaired) electrons. The van der Waals surface area contributed by atoms with Crippen molar-refractivity contribution < 1.29 is 5.11 Å². The quantitative estimate of drug-likeness (QED) is 0.786. The lowest BCUT2D eigenvalue weighted by Gasteiger charge is -2.21. The van der Waals surface area contributed by atoms with E-state index in [9.17, 15) is 5.11 Å². The molecule has 3 nitrogen and oxygen atoms in total. The highest BCUT2D eigenvalue weighted by atomic mass is 16.3. The van der Waals surface area contributed by atoms with Crippen molar-refractivity contribution in [1.82, 2.24) is 4.98 Å². The van der Waals surface area contributed by atoms with Gasteiger partial charge < -0.3 is 10.0 Å². The summed E-state index contributed by atoms with van der Waals surface area (Å²) in [5, 5.41) is 9.57. The number of aromatic nitrogens is 1. The molecule has 1 fully saturated rings. The second kappa shape index (κ2) is 5.20. The Morgan fingerprint density at radius 2 is 2.41 bits per heavy atom. The number of pyridine rings is 1. The van der Waals surface area contributed by atoms with Crippen molar-refractivity contribution in [3.8, 4) is 12.3 Å². The van der Waals surface area contributed by atoms with E-state index in [0.717, 1.165) is 23.8 Å². The molecular weight excluding hydrogens is 212 g/mol. The zero-order valence-electron chi connectivity index (χ0n) is 10.1. The van der Waals surface area contributed by atoms with Crippen molar-refractivity contribution in [3.63, 3.8) is 0 Å². The maximum Gasteiger partial charge on any atom is 0.129 e. The van der Waals surface area contributed by atoms with Crippen LogP contribution in [0.25, 0.3) is 0 Å². The molecule has 1 unspecified atom stereocenters. The predicted octanol–water partition coefficient (Wildman–Crippen LogP) is 1.98. The van der Waals surface area contributed by atoms with Crippen LogP contribution in [0.15, 0.2) is 18.3 Å². The second-order valence-corrected chi connectivity index (χ2v) is 4.65. The first kappa shape index (κ1) is 11.9. The summed E-state index contributed by atoms with van der Waals surface area (Å²) in [4.78, 5) is 6.46. The molecule has 0 spiro atoms. The molecule has 0 amide bonds. The van der Waals surface area contributed by atoms with E-state index >= 15 is 0 Å². The Kier molecular flexibility index (Phi) is 3.65. The Balaban J connectivity index is 2.15. The third-order valence-electron chi connectivity index (χ3n) is 3.03. The summed E-state index contributed by atoms with van der Waals surface area (Å²) >= 11 is 0. The third-order valence-corrected chi connectivity index (χ3v) is 3.03. The fourth-order valence-corrected chi connectivity index (χ4v) is 1.83. The summed E-state index contributed by atoms with van der Waals surface area (Å²) in [6.45, 7) is 3.30. The molecule has 17 heavy (non-hydrogen) atoms. The normalized spacial score (nSPS) is 16.3. The van der Waals surface area contributed by atoms with E-state index in [4.69, 9.17) is 6.42 Å². The second-order valence-electron chi connectivity index (χ2n) is 4.65. The van der Waals surface area contributed by atoms with Gasteiger partial charge in [-0.15, -0.1) is 6.42 Å². The molecule has 0 bridgehead atoms. The van der Waals surface area contributed by atoms with Crippen LogP contribution in [0.5, 0.6) is 0 Å². The molecule has 1 saturated carbocycles. The molecule has 90 valence electrons. The van der Waals surface area contributed by atoms with Crippen molar-refractivity contribution in [3.05, 3.63) is 23.9 Å². The fourth-order valence-electron chi connectivity index (χ4n) is 1.83. The number of nitrogens with zero attached hydrogens (tertiary/aromatic N) is 2. The lowest BCUT2D eigenvalue weighted by molar-refractivity contribution is 0.199. The van der Waals surface area contributed by atoms with Crippen molar-refractivity contribution in [2.24, 2.45) is 5.92 Å². The smallest absolute Gasteiger partial charge is 0.129 e. The van der Waals surface area contributed by atoms with E-state index in [2.05, 4.69) is 15.8 Å². The summed E-state index contributed by atoms with van der Waals surface area (Å²) in [5.41, 5.74) is 0.882. The first-order chi connectivity index (χ1) is 8.20. The molecule has 3 heteroatoms. The van der Waals surface area contributed by atoms with Crippen molar-refractivity contribution >= 4 is 5.82 Å². The highest BCUT2D eigenvalue weighted by Gasteiger charge is 2.24. The van der Waals surface area contributed by atoms with Crippen LogP contribution in [-0.4, -0.2) is 23.2 Å². The van der Waals surface area contributed by atoms with E-state index in [1.54, 1.807) is 13.1 Å². The van der Waals surface area contributed by atoms with E-state index in [-0.39, 0.29) is 0 Å². The topological polar surface area (TPSA) is 36.4 Å². The van der Waals surface area contributed by atoms with Gasteiger partial charge in [-0.1, -0.05) is 5.92 Å². The first-order valence-corrected chi connectivity index (χ1v) is 6.03. The van der Waals surface area contributed by atoms with Crippen molar-refractivity contribution in [1.29, 1.82) is 0 Å². The van der Waals surface area contributed by atoms with Gasteiger partial charge in [0.25, 0.3) is 0 Å². The molecule has 0 aromatic carbocycles. The Hall–Kier alpha value is -1.53. The van der Waals surface area contributed by atoms with E-state index < -0.39 is 6.10 Å². The molecule has 0 aliphatic heterocycles. The van der Waals surface area contributed by atoms with Crippen LogP contribution in [0.4, 0.5) is 5.82 Å². The van der Waals surface area contributed by atoms with Gasteiger partial charge in [0.05, 0.1) is 12.6 Å². The van der Waals surface area contributed by atoms with Crippen LogP contribution in [0.2, 0.25) is 0 Å². The number of hydrogen-bond acceptors (Lipinski definition) is 3. The number of hydrogen-bond donors (Lipinski definition) is 1. The molecule has 1 aliphatic rings. The minimum absolute atomic E-state index is 0.467. The first-order valence-electron chi connectivity index (χ1n) is 6.03. The Bertz CT molecular complexity index is 418. The zero-order valence-corrected chi connectivity index (χ0v) is 10.1. The number of rotatable bonds is 5. The predicted molar refractivity (Wildman–Crippen MR) is 68.6 cm³/mol. The molecule has 2 rings (SSSR count). The average molecular weight is 230 g/mol. The lowest BCUT2D eigenvalue weighted by atomic mass is 10.1. The summed E-state index contributed by atoms with van der Waals surface area (Å²) in [6.07, 6.45) is 9.23. The fraction of sp³-hybridized carbons (Fsp3) is 0.500. The Morgan fingerprint density at radius 3 is 3.00 bits per heavy atom. The SMILES string of the molecule is C#CCN(CC1CC1)c1cc(C(C)O)ccn1. The summed E-state index contributed by atoms with van der Waals surface area (Å²) < 4.78 is 0. The highest BCUT2D eigenvalue weighted by Crippen LogP contribution is 2.31. The summed E-state index contributed by atoms with van der Waals surface area (Å²) in [5.74, 6) is 4.30. The largest absolute Gasteiger partial charge is 0.389 e. The molecule has 1 aromatic rings. The average Bonchev–Trinajstić information content (AvgIpc) is 3.12. The monoisotopic (exact) mass is 230 g/mol. The maximum absolute atomic E-state index is 9.57. The van der Waals surface area contributed by atoms with Gasteiger partial charge in [0.1, 0.15) is 5.82 Å². The van der Waals surface area contributed by atoms with Gasteiger partial charge in [-0.25, -0.2) is 4.98 Å². The number of anilines is 1. The van der Waals surface area contributed by atoms with Crippen LogP contribution in [-0.2, 0) is 0 Å². The van der Waals surface area contributed by atoms with Gasteiger partial charge in [0.2, 0.25) is 0 Å². The van der Waals surface area contributed by atoms with Gasteiger partial charge in [0.15, 0.2) is 0 Å². The third kappa shape index (κ3) is 3.21. The van der Waals surface area contributed by atoms with Crippen molar-refractivity contribution in [2.45, 2.75) is 25.9 Å². The van der Waals surface area contributed by atoms with E-state index in [1.807, 2.05) is 12.1 Å². The molecule has 1 N–H and O–H groups in total. The Morgan fingerprint density at radius 1 is 1.65 bits per heavy atom. The van der Waals surface area contributed by atoms with Gasteiger partial charge >= 0.3 is 0 Å². The van der Waals surface area contributed by atoms with Crippen LogP contribution < -0.4 is 4.90 Å². The minimum Gasteiger partial charge on any atom is -0.389 e. The lowest BCUT2D eigenvalue weighted by Crippen LogP contribution is -2.27. The minimum atomic E-state index is -0.467. The molecule has 0 saturated heterocycles.